The SMILES string of the molecule is CN(Cc1cccc(/C(N)=N/O)c1)c1nccn1C. The van der Waals surface area contributed by atoms with Crippen LogP contribution < -0.4 is 10.6 Å². The van der Waals surface area contributed by atoms with Gasteiger partial charge in [-0.2, -0.15) is 0 Å². The molecule has 6 nitrogen and oxygen atoms in total. The van der Waals surface area contributed by atoms with Crippen LogP contribution in [-0.4, -0.2) is 27.6 Å². The molecule has 0 aliphatic rings. The zero-order chi connectivity index (χ0) is 13.8. The first-order valence-corrected chi connectivity index (χ1v) is 5.87. The standard InChI is InChI=1S/C13H17N5O/c1-17-7-6-15-13(17)18(2)9-10-4-3-5-11(8-10)12(14)16-19/h3-8,19H,9H2,1-2H3,(H2,14,16). The highest BCUT2D eigenvalue weighted by Crippen LogP contribution is 2.13. The molecule has 0 aliphatic carbocycles. The lowest BCUT2D eigenvalue weighted by Crippen LogP contribution is -2.20. The number of benzene rings is 1. The molecule has 19 heavy (non-hydrogen) atoms. The summed E-state index contributed by atoms with van der Waals surface area (Å²) in [6, 6.07) is 7.58. The molecule has 0 fully saturated rings. The minimum absolute atomic E-state index is 0.112. The minimum Gasteiger partial charge on any atom is -0.409 e. The van der Waals surface area contributed by atoms with E-state index in [9.17, 15) is 0 Å². The minimum atomic E-state index is 0.112. The number of nitrogens with two attached hydrogens (primary N) is 1. The molecule has 0 saturated heterocycles. The summed E-state index contributed by atoms with van der Waals surface area (Å²) in [5.41, 5.74) is 7.35. The second kappa shape index (κ2) is 5.43. The van der Waals surface area contributed by atoms with E-state index in [0.717, 1.165) is 11.5 Å². The summed E-state index contributed by atoms with van der Waals surface area (Å²) in [4.78, 5) is 6.32. The van der Waals surface area contributed by atoms with E-state index in [1.54, 1.807) is 12.3 Å². The molecule has 0 radical (unpaired) electrons. The van der Waals surface area contributed by atoms with Crippen LogP contribution in [0.2, 0.25) is 0 Å². The van der Waals surface area contributed by atoms with Crippen LogP contribution in [0.1, 0.15) is 11.1 Å². The van der Waals surface area contributed by atoms with E-state index < -0.39 is 0 Å². The topological polar surface area (TPSA) is 79.7 Å². The van der Waals surface area contributed by atoms with Gasteiger partial charge in [0.1, 0.15) is 0 Å². The van der Waals surface area contributed by atoms with E-state index in [2.05, 4.69) is 10.1 Å². The van der Waals surface area contributed by atoms with Crippen LogP contribution in [-0.2, 0) is 13.6 Å². The van der Waals surface area contributed by atoms with Crippen LogP contribution in [0.3, 0.4) is 0 Å². The first kappa shape index (κ1) is 12.9. The Balaban J connectivity index is 2.18. The van der Waals surface area contributed by atoms with Crippen LogP contribution in [0.4, 0.5) is 5.95 Å². The summed E-state index contributed by atoms with van der Waals surface area (Å²) in [6.45, 7) is 0.692. The number of aryl methyl sites for hydroxylation is 1. The van der Waals surface area contributed by atoms with Crippen LogP contribution in [0.15, 0.2) is 41.8 Å². The van der Waals surface area contributed by atoms with E-state index in [-0.39, 0.29) is 5.84 Å². The quantitative estimate of drug-likeness (QED) is 0.373. The molecule has 2 rings (SSSR count). The largest absolute Gasteiger partial charge is 0.409 e. The van der Waals surface area contributed by atoms with Gasteiger partial charge in [0.25, 0.3) is 0 Å². The summed E-state index contributed by atoms with van der Waals surface area (Å²) in [5, 5.41) is 11.7. The third kappa shape index (κ3) is 2.85. The van der Waals surface area contributed by atoms with Crippen molar-refractivity contribution in [3.63, 3.8) is 0 Å². The Morgan fingerprint density at radius 2 is 2.32 bits per heavy atom. The number of aromatic nitrogens is 2. The van der Waals surface area contributed by atoms with Crippen molar-refractivity contribution in [3.8, 4) is 0 Å². The molecule has 0 saturated carbocycles. The van der Waals surface area contributed by atoms with E-state index in [1.807, 2.05) is 48.0 Å². The van der Waals surface area contributed by atoms with Crippen molar-refractivity contribution in [2.45, 2.75) is 6.54 Å². The first-order valence-electron chi connectivity index (χ1n) is 5.87. The summed E-state index contributed by atoms with van der Waals surface area (Å²) in [5.74, 6) is 0.996. The normalized spacial score (nSPS) is 11.6. The van der Waals surface area contributed by atoms with Gasteiger partial charge in [-0.15, -0.1) is 0 Å². The van der Waals surface area contributed by atoms with Crippen molar-refractivity contribution in [3.05, 3.63) is 47.8 Å². The Morgan fingerprint density at radius 1 is 1.53 bits per heavy atom. The average molecular weight is 259 g/mol. The monoisotopic (exact) mass is 259 g/mol. The number of anilines is 1. The van der Waals surface area contributed by atoms with Crippen molar-refractivity contribution in [1.29, 1.82) is 0 Å². The molecule has 0 aliphatic heterocycles. The molecular weight excluding hydrogens is 242 g/mol. The average Bonchev–Trinajstić information content (AvgIpc) is 2.84. The number of nitrogens with zero attached hydrogens (tertiary/aromatic N) is 4. The molecule has 1 aromatic heterocycles. The third-order valence-electron chi connectivity index (χ3n) is 2.89. The molecular formula is C13H17N5O. The van der Waals surface area contributed by atoms with E-state index >= 15 is 0 Å². The lowest BCUT2D eigenvalue weighted by atomic mass is 10.1. The predicted octanol–water partition coefficient (Wildman–Crippen LogP) is 1.15. The second-order valence-corrected chi connectivity index (χ2v) is 4.38. The number of rotatable bonds is 4. The number of amidine groups is 1. The molecule has 1 aromatic carbocycles. The van der Waals surface area contributed by atoms with Gasteiger partial charge in [-0.1, -0.05) is 23.4 Å². The molecule has 0 bridgehead atoms. The summed E-state index contributed by atoms with van der Waals surface area (Å²) in [6.07, 6.45) is 3.66. The smallest absolute Gasteiger partial charge is 0.205 e. The fourth-order valence-electron chi connectivity index (χ4n) is 1.96. The van der Waals surface area contributed by atoms with Gasteiger partial charge in [0.05, 0.1) is 0 Å². The number of hydrogen-bond acceptors (Lipinski definition) is 4. The molecule has 1 heterocycles. The third-order valence-corrected chi connectivity index (χ3v) is 2.89. The van der Waals surface area contributed by atoms with Crippen LogP contribution in [0.5, 0.6) is 0 Å². The summed E-state index contributed by atoms with van der Waals surface area (Å²) in [7, 11) is 3.92. The van der Waals surface area contributed by atoms with Gasteiger partial charge in [0.15, 0.2) is 5.84 Å². The van der Waals surface area contributed by atoms with Crippen molar-refractivity contribution in [2.24, 2.45) is 17.9 Å². The fraction of sp³-hybridized carbons (Fsp3) is 0.231. The molecule has 2 aromatic rings. The highest BCUT2D eigenvalue weighted by molar-refractivity contribution is 5.97. The first-order chi connectivity index (χ1) is 9.11. The molecule has 0 unspecified atom stereocenters. The highest BCUT2D eigenvalue weighted by Gasteiger charge is 2.07. The Morgan fingerprint density at radius 3 is 2.95 bits per heavy atom. The summed E-state index contributed by atoms with van der Waals surface area (Å²) >= 11 is 0. The number of imidazole rings is 1. The molecule has 100 valence electrons. The van der Waals surface area contributed by atoms with Gasteiger partial charge in [-0.05, 0) is 11.6 Å². The Kier molecular flexibility index (Phi) is 3.70. The van der Waals surface area contributed by atoms with Crippen molar-refractivity contribution >= 4 is 11.8 Å². The molecule has 0 spiro atoms. The highest BCUT2D eigenvalue weighted by atomic mass is 16.4. The lowest BCUT2D eigenvalue weighted by Gasteiger charge is -2.18. The van der Waals surface area contributed by atoms with Gasteiger partial charge in [-0.3, -0.25) is 0 Å². The fourth-order valence-corrected chi connectivity index (χ4v) is 1.96. The Bertz CT molecular complexity index is 590. The van der Waals surface area contributed by atoms with Crippen molar-refractivity contribution in [1.82, 2.24) is 9.55 Å². The van der Waals surface area contributed by atoms with Crippen LogP contribution >= 0.6 is 0 Å². The predicted molar refractivity (Wildman–Crippen MR) is 74.3 cm³/mol. The molecule has 3 N–H and O–H groups in total. The Hall–Kier alpha value is -2.50. The summed E-state index contributed by atoms with van der Waals surface area (Å²) < 4.78 is 1.95. The van der Waals surface area contributed by atoms with Gasteiger partial charge < -0.3 is 20.4 Å². The molecule has 0 amide bonds. The van der Waals surface area contributed by atoms with E-state index in [0.29, 0.717) is 12.1 Å². The van der Waals surface area contributed by atoms with Crippen LogP contribution in [0, 0.1) is 0 Å². The Labute approximate surface area is 111 Å². The maximum atomic E-state index is 8.69. The second-order valence-electron chi connectivity index (χ2n) is 4.38. The number of oxime groups is 1. The van der Waals surface area contributed by atoms with E-state index in [1.165, 1.54) is 0 Å². The lowest BCUT2D eigenvalue weighted by molar-refractivity contribution is 0.318. The van der Waals surface area contributed by atoms with E-state index in [4.69, 9.17) is 10.9 Å². The zero-order valence-corrected chi connectivity index (χ0v) is 11.0. The van der Waals surface area contributed by atoms with Gasteiger partial charge in [-0.25, -0.2) is 4.98 Å². The van der Waals surface area contributed by atoms with Crippen molar-refractivity contribution in [2.75, 3.05) is 11.9 Å². The van der Waals surface area contributed by atoms with Gasteiger partial charge >= 0.3 is 0 Å². The zero-order valence-electron chi connectivity index (χ0n) is 11.0. The molecule has 6 heteroatoms. The van der Waals surface area contributed by atoms with Gasteiger partial charge in [0, 0.05) is 38.6 Å². The van der Waals surface area contributed by atoms with Gasteiger partial charge in [0.2, 0.25) is 5.95 Å². The maximum Gasteiger partial charge on any atom is 0.205 e. The van der Waals surface area contributed by atoms with Crippen LogP contribution in [0.25, 0.3) is 0 Å². The maximum absolute atomic E-state index is 8.69. The van der Waals surface area contributed by atoms with Crippen molar-refractivity contribution < 1.29 is 5.21 Å². The molecule has 0 atom stereocenters. The number of hydrogen-bond donors (Lipinski definition) is 2.